The lowest BCUT2D eigenvalue weighted by Gasteiger charge is -2.14. The Morgan fingerprint density at radius 2 is 1.85 bits per heavy atom. The molecule has 0 saturated carbocycles. The number of thioether (sulfide) groups is 2. The summed E-state index contributed by atoms with van der Waals surface area (Å²) in [6.45, 7) is 3.67. The zero-order valence-electron chi connectivity index (χ0n) is 14.9. The molecule has 1 atom stereocenters. The lowest BCUT2D eigenvalue weighted by Crippen LogP contribution is -2.46. The standard InChI is InChI=1S/C18H24N2O4S2/c1-3-8-19-16(22)12(2)20-15(21)11-24-17(23)13-4-6-14(7-5-13)18-25-9-10-26-18/h4-7,12,18H,3,8-11H2,1-2H3,(H,19,22)(H,20,21)/t12-/m1/s1. The number of hydrogen-bond acceptors (Lipinski definition) is 6. The second-order valence-electron chi connectivity index (χ2n) is 5.85. The van der Waals surface area contributed by atoms with Crippen molar-refractivity contribution in [3.05, 3.63) is 35.4 Å². The summed E-state index contributed by atoms with van der Waals surface area (Å²) < 4.78 is 5.45. The highest BCUT2D eigenvalue weighted by atomic mass is 32.2. The number of amides is 2. The number of ether oxygens (including phenoxy) is 1. The van der Waals surface area contributed by atoms with E-state index in [9.17, 15) is 14.4 Å². The van der Waals surface area contributed by atoms with Crippen LogP contribution in [0.1, 0.15) is 40.8 Å². The number of carbonyl (C=O) groups is 3. The Labute approximate surface area is 162 Å². The maximum atomic E-state index is 12.1. The van der Waals surface area contributed by atoms with Gasteiger partial charge in [0, 0.05) is 18.1 Å². The van der Waals surface area contributed by atoms with Crippen LogP contribution in [0, 0.1) is 0 Å². The molecule has 26 heavy (non-hydrogen) atoms. The summed E-state index contributed by atoms with van der Waals surface area (Å²) in [5.74, 6) is 0.964. The second kappa shape index (κ2) is 10.5. The van der Waals surface area contributed by atoms with Crippen molar-refractivity contribution in [1.82, 2.24) is 10.6 Å². The number of benzene rings is 1. The Balaban J connectivity index is 1.76. The smallest absolute Gasteiger partial charge is 0.338 e. The van der Waals surface area contributed by atoms with Gasteiger partial charge in [-0.1, -0.05) is 19.1 Å². The number of esters is 1. The maximum Gasteiger partial charge on any atom is 0.338 e. The van der Waals surface area contributed by atoms with Gasteiger partial charge in [-0.15, -0.1) is 23.5 Å². The highest BCUT2D eigenvalue weighted by molar-refractivity contribution is 8.19. The third kappa shape index (κ3) is 6.25. The molecule has 1 aliphatic rings. The first-order valence-corrected chi connectivity index (χ1v) is 10.7. The van der Waals surface area contributed by atoms with Crippen LogP contribution in [0.3, 0.4) is 0 Å². The molecule has 1 heterocycles. The van der Waals surface area contributed by atoms with E-state index in [0.29, 0.717) is 16.7 Å². The van der Waals surface area contributed by atoms with Gasteiger partial charge in [0.15, 0.2) is 6.61 Å². The van der Waals surface area contributed by atoms with Gasteiger partial charge in [0.1, 0.15) is 6.04 Å². The lowest BCUT2D eigenvalue weighted by atomic mass is 10.1. The fourth-order valence-electron chi connectivity index (χ4n) is 2.29. The average Bonchev–Trinajstić information content (AvgIpc) is 3.19. The van der Waals surface area contributed by atoms with E-state index in [4.69, 9.17) is 4.74 Å². The van der Waals surface area contributed by atoms with Crippen LogP contribution in [0.4, 0.5) is 0 Å². The molecule has 2 amide bonds. The maximum absolute atomic E-state index is 12.1. The highest BCUT2D eigenvalue weighted by Crippen LogP contribution is 2.45. The first-order valence-electron chi connectivity index (χ1n) is 8.58. The fraction of sp³-hybridized carbons (Fsp3) is 0.500. The normalized spacial score (nSPS) is 15.3. The summed E-state index contributed by atoms with van der Waals surface area (Å²) in [5, 5.41) is 5.20. The van der Waals surface area contributed by atoms with Crippen LogP contribution >= 0.6 is 23.5 Å². The molecular weight excluding hydrogens is 372 g/mol. The van der Waals surface area contributed by atoms with Crippen molar-refractivity contribution in [3.63, 3.8) is 0 Å². The molecule has 0 radical (unpaired) electrons. The van der Waals surface area contributed by atoms with Crippen LogP contribution in [0.25, 0.3) is 0 Å². The molecule has 8 heteroatoms. The van der Waals surface area contributed by atoms with Crippen molar-refractivity contribution in [2.24, 2.45) is 0 Å². The minimum atomic E-state index is -0.673. The van der Waals surface area contributed by atoms with Crippen molar-refractivity contribution >= 4 is 41.3 Å². The summed E-state index contributed by atoms with van der Waals surface area (Å²) >= 11 is 3.80. The van der Waals surface area contributed by atoms with E-state index in [1.165, 1.54) is 5.56 Å². The van der Waals surface area contributed by atoms with Crippen LogP contribution < -0.4 is 10.6 Å². The van der Waals surface area contributed by atoms with Gasteiger partial charge < -0.3 is 15.4 Å². The molecule has 1 aliphatic heterocycles. The summed E-state index contributed by atoms with van der Waals surface area (Å²) in [5.41, 5.74) is 1.59. The molecule has 0 spiro atoms. The van der Waals surface area contributed by atoms with Gasteiger partial charge in [0.2, 0.25) is 5.91 Å². The Bertz CT molecular complexity index is 631. The average molecular weight is 397 g/mol. The molecule has 0 aliphatic carbocycles. The predicted octanol–water partition coefficient (Wildman–Crippen LogP) is 2.35. The first kappa shape index (κ1) is 20.6. The minimum Gasteiger partial charge on any atom is -0.452 e. The summed E-state index contributed by atoms with van der Waals surface area (Å²) in [4.78, 5) is 35.6. The van der Waals surface area contributed by atoms with Crippen molar-refractivity contribution in [3.8, 4) is 0 Å². The van der Waals surface area contributed by atoms with Gasteiger partial charge in [-0.2, -0.15) is 0 Å². The molecular formula is C18H24N2O4S2. The monoisotopic (exact) mass is 396 g/mol. The number of hydrogen-bond donors (Lipinski definition) is 2. The molecule has 2 N–H and O–H groups in total. The summed E-state index contributed by atoms with van der Waals surface area (Å²) in [7, 11) is 0. The Morgan fingerprint density at radius 1 is 1.19 bits per heavy atom. The largest absolute Gasteiger partial charge is 0.452 e. The van der Waals surface area contributed by atoms with E-state index >= 15 is 0 Å². The Kier molecular flexibility index (Phi) is 8.31. The zero-order chi connectivity index (χ0) is 18.9. The predicted molar refractivity (Wildman–Crippen MR) is 105 cm³/mol. The zero-order valence-corrected chi connectivity index (χ0v) is 16.6. The van der Waals surface area contributed by atoms with Gasteiger partial charge in [-0.05, 0) is 31.0 Å². The molecule has 1 aromatic rings. The Morgan fingerprint density at radius 3 is 2.46 bits per heavy atom. The summed E-state index contributed by atoms with van der Waals surface area (Å²) in [6, 6.07) is 6.61. The molecule has 0 aromatic heterocycles. The number of nitrogens with one attached hydrogen (secondary N) is 2. The van der Waals surface area contributed by atoms with Gasteiger partial charge >= 0.3 is 5.97 Å². The van der Waals surface area contributed by atoms with Gasteiger partial charge in [0.05, 0.1) is 10.1 Å². The molecule has 0 unspecified atom stereocenters. The first-order chi connectivity index (χ1) is 12.5. The number of carbonyl (C=O) groups excluding carboxylic acids is 3. The molecule has 1 saturated heterocycles. The van der Waals surface area contributed by atoms with Gasteiger partial charge in [-0.25, -0.2) is 4.79 Å². The van der Waals surface area contributed by atoms with Crippen molar-refractivity contribution in [1.29, 1.82) is 0 Å². The van der Waals surface area contributed by atoms with E-state index in [1.807, 2.05) is 42.6 Å². The van der Waals surface area contributed by atoms with Crippen LogP contribution in [0.5, 0.6) is 0 Å². The van der Waals surface area contributed by atoms with Crippen LogP contribution in [-0.2, 0) is 14.3 Å². The van der Waals surface area contributed by atoms with Crippen LogP contribution in [-0.4, -0.2) is 48.5 Å². The van der Waals surface area contributed by atoms with Crippen LogP contribution in [0.15, 0.2) is 24.3 Å². The minimum absolute atomic E-state index is 0.259. The van der Waals surface area contributed by atoms with E-state index in [1.54, 1.807) is 19.1 Å². The number of rotatable bonds is 8. The van der Waals surface area contributed by atoms with Crippen LogP contribution in [0.2, 0.25) is 0 Å². The van der Waals surface area contributed by atoms with Crippen molar-refractivity contribution < 1.29 is 19.1 Å². The molecule has 1 aromatic carbocycles. The molecule has 2 rings (SSSR count). The highest BCUT2D eigenvalue weighted by Gasteiger charge is 2.19. The third-order valence-corrected chi connectivity index (χ3v) is 6.80. The second-order valence-corrected chi connectivity index (χ2v) is 8.58. The topological polar surface area (TPSA) is 84.5 Å². The van der Waals surface area contributed by atoms with Gasteiger partial charge in [-0.3, -0.25) is 9.59 Å². The fourth-order valence-corrected chi connectivity index (χ4v) is 5.15. The van der Waals surface area contributed by atoms with E-state index in [0.717, 1.165) is 17.9 Å². The quantitative estimate of drug-likeness (QED) is 0.656. The van der Waals surface area contributed by atoms with E-state index < -0.39 is 24.5 Å². The lowest BCUT2D eigenvalue weighted by molar-refractivity contribution is -0.130. The van der Waals surface area contributed by atoms with Gasteiger partial charge in [0.25, 0.3) is 5.91 Å². The molecule has 142 valence electrons. The Hall–Kier alpha value is -1.67. The molecule has 1 fully saturated rings. The van der Waals surface area contributed by atoms with E-state index in [-0.39, 0.29) is 5.91 Å². The molecule has 6 nitrogen and oxygen atoms in total. The summed E-state index contributed by atoms with van der Waals surface area (Å²) in [6.07, 6.45) is 0.820. The molecule has 0 bridgehead atoms. The SMILES string of the molecule is CCCNC(=O)[C@@H](C)NC(=O)COC(=O)c1ccc(C2SCCS2)cc1. The third-order valence-electron chi connectivity index (χ3n) is 3.69. The van der Waals surface area contributed by atoms with Crippen molar-refractivity contribution in [2.75, 3.05) is 24.7 Å². The van der Waals surface area contributed by atoms with E-state index in [2.05, 4.69) is 10.6 Å². The van der Waals surface area contributed by atoms with Crippen molar-refractivity contribution in [2.45, 2.75) is 30.9 Å².